The van der Waals surface area contributed by atoms with E-state index in [1.54, 1.807) is 0 Å². The van der Waals surface area contributed by atoms with Crippen molar-refractivity contribution in [2.75, 3.05) is 18.6 Å². The summed E-state index contributed by atoms with van der Waals surface area (Å²) in [7, 11) is 0. The van der Waals surface area contributed by atoms with Gasteiger partial charge in [0.1, 0.15) is 0 Å². The summed E-state index contributed by atoms with van der Waals surface area (Å²) >= 11 is 1.83. The average Bonchev–Trinajstić information content (AvgIpc) is 2.45. The first-order chi connectivity index (χ1) is 10.1. The minimum absolute atomic E-state index is 0.223. The zero-order valence-electron chi connectivity index (χ0n) is 12.0. The van der Waals surface area contributed by atoms with Crippen LogP contribution in [0, 0.1) is 10.1 Å². The van der Waals surface area contributed by atoms with Gasteiger partial charge in [-0.05, 0) is 37.0 Å². The fraction of sp³-hybridized carbons (Fsp3) is 0.500. The number of benzene rings is 1. The highest BCUT2D eigenvalue weighted by atomic mass is 32.2. The molecule has 0 atom stereocenters. The number of hydrogen-bond donors (Lipinski definition) is 2. The molecule has 6 nitrogen and oxygen atoms in total. The maximum absolute atomic E-state index is 11.8. The summed E-state index contributed by atoms with van der Waals surface area (Å²) in [5.74, 6) is 0.336. The molecular weight excluding hydrogens is 292 g/mol. The number of nitro benzene ring substituents is 1. The predicted molar refractivity (Wildman–Crippen MR) is 83.9 cm³/mol. The molecule has 1 aromatic carbocycles. The summed E-state index contributed by atoms with van der Waals surface area (Å²) in [5.41, 5.74) is -0.180. The number of amides is 1. The van der Waals surface area contributed by atoms with Crippen molar-refractivity contribution in [3.63, 3.8) is 0 Å². The van der Waals surface area contributed by atoms with Crippen molar-refractivity contribution < 1.29 is 14.8 Å². The number of nitrogens with zero attached hydrogens (tertiary/aromatic N) is 1. The minimum atomic E-state index is -0.689. The lowest BCUT2D eigenvalue weighted by molar-refractivity contribution is -0.385. The third kappa shape index (κ3) is 6.03. The molecule has 1 aromatic rings. The van der Waals surface area contributed by atoms with E-state index >= 15 is 0 Å². The van der Waals surface area contributed by atoms with Gasteiger partial charge in [0.2, 0.25) is 0 Å². The van der Waals surface area contributed by atoms with E-state index in [1.807, 2.05) is 11.8 Å². The smallest absolute Gasteiger partial charge is 0.310 e. The number of nitro groups is 1. The molecule has 0 aliphatic rings. The molecule has 0 bridgehead atoms. The monoisotopic (exact) mass is 312 g/mol. The van der Waals surface area contributed by atoms with Crippen LogP contribution in [0.2, 0.25) is 0 Å². The zero-order chi connectivity index (χ0) is 15.7. The molecule has 1 amide bonds. The first kappa shape index (κ1) is 17.3. The number of phenols is 1. The molecule has 0 aromatic heterocycles. The molecule has 0 heterocycles. The number of rotatable bonds is 9. The Hall–Kier alpha value is -1.76. The van der Waals surface area contributed by atoms with E-state index in [1.165, 1.54) is 12.5 Å². The number of unbranched alkanes of at least 4 members (excludes halogenated alkanes) is 3. The molecule has 0 saturated carbocycles. The lowest BCUT2D eigenvalue weighted by atomic mass is 10.1. The highest BCUT2D eigenvalue weighted by Gasteiger charge is 2.15. The molecule has 0 saturated heterocycles. The molecule has 0 spiro atoms. The van der Waals surface area contributed by atoms with Crippen molar-refractivity contribution in [3.8, 4) is 5.75 Å². The fourth-order valence-corrected chi connectivity index (χ4v) is 2.34. The van der Waals surface area contributed by atoms with E-state index in [-0.39, 0.29) is 11.5 Å². The van der Waals surface area contributed by atoms with Gasteiger partial charge in [-0.3, -0.25) is 14.9 Å². The second-order valence-electron chi connectivity index (χ2n) is 4.62. The maximum atomic E-state index is 11.8. The third-order valence-electron chi connectivity index (χ3n) is 3.00. The normalized spacial score (nSPS) is 10.3. The van der Waals surface area contributed by atoms with Gasteiger partial charge >= 0.3 is 5.69 Å². The van der Waals surface area contributed by atoms with Crippen LogP contribution in [-0.2, 0) is 0 Å². The molecule has 21 heavy (non-hydrogen) atoms. The predicted octanol–water partition coefficient (Wildman–Crippen LogP) is 2.95. The van der Waals surface area contributed by atoms with Gasteiger partial charge in [-0.15, -0.1) is 0 Å². The van der Waals surface area contributed by atoms with E-state index < -0.39 is 16.4 Å². The van der Waals surface area contributed by atoms with Crippen LogP contribution < -0.4 is 5.32 Å². The number of nitrogens with one attached hydrogen (secondary N) is 1. The quantitative estimate of drug-likeness (QED) is 0.415. The van der Waals surface area contributed by atoms with Gasteiger partial charge < -0.3 is 10.4 Å². The van der Waals surface area contributed by atoms with Gasteiger partial charge in [0.25, 0.3) is 5.91 Å². The van der Waals surface area contributed by atoms with Gasteiger partial charge in [0, 0.05) is 18.2 Å². The molecule has 1 rings (SSSR count). The summed E-state index contributed by atoms with van der Waals surface area (Å²) < 4.78 is 0. The van der Waals surface area contributed by atoms with Crippen LogP contribution >= 0.6 is 11.8 Å². The van der Waals surface area contributed by atoms with E-state index in [9.17, 15) is 20.0 Å². The van der Waals surface area contributed by atoms with Gasteiger partial charge in [0.15, 0.2) is 5.75 Å². The van der Waals surface area contributed by atoms with Crippen molar-refractivity contribution in [2.24, 2.45) is 0 Å². The molecule has 116 valence electrons. The van der Waals surface area contributed by atoms with Crippen LogP contribution in [0.3, 0.4) is 0 Å². The SMILES string of the molecule is CSCCCCCCNC(=O)c1ccc([N+](=O)[O-])c(O)c1. The molecule has 0 unspecified atom stereocenters. The van der Waals surface area contributed by atoms with Crippen molar-refractivity contribution in [1.82, 2.24) is 5.32 Å². The summed E-state index contributed by atoms with van der Waals surface area (Å²) in [4.78, 5) is 21.7. The maximum Gasteiger partial charge on any atom is 0.310 e. The Morgan fingerprint density at radius 2 is 2.05 bits per heavy atom. The Balaban J connectivity index is 2.35. The molecule has 0 fully saturated rings. The van der Waals surface area contributed by atoms with E-state index in [0.717, 1.165) is 37.1 Å². The molecule has 2 N–H and O–H groups in total. The van der Waals surface area contributed by atoms with Gasteiger partial charge in [0.05, 0.1) is 4.92 Å². The Morgan fingerprint density at radius 3 is 2.67 bits per heavy atom. The average molecular weight is 312 g/mol. The first-order valence-electron chi connectivity index (χ1n) is 6.80. The Bertz CT molecular complexity index is 494. The molecule has 0 radical (unpaired) electrons. The summed E-state index contributed by atoms with van der Waals surface area (Å²) in [5, 5.41) is 22.8. The van der Waals surface area contributed by atoms with E-state index in [2.05, 4.69) is 11.6 Å². The Morgan fingerprint density at radius 1 is 1.33 bits per heavy atom. The number of thioether (sulfide) groups is 1. The topological polar surface area (TPSA) is 92.5 Å². The first-order valence-corrected chi connectivity index (χ1v) is 8.20. The molecule has 0 aliphatic heterocycles. The highest BCUT2D eigenvalue weighted by molar-refractivity contribution is 7.98. The highest BCUT2D eigenvalue weighted by Crippen LogP contribution is 2.26. The Labute approximate surface area is 128 Å². The summed E-state index contributed by atoms with van der Waals surface area (Å²) in [6, 6.07) is 3.59. The molecule has 0 aliphatic carbocycles. The van der Waals surface area contributed by atoms with Crippen LogP contribution in [0.15, 0.2) is 18.2 Å². The van der Waals surface area contributed by atoms with Crippen LogP contribution in [0.5, 0.6) is 5.75 Å². The second kappa shape index (κ2) is 9.23. The lowest BCUT2D eigenvalue weighted by Crippen LogP contribution is -2.24. The van der Waals surface area contributed by atoms with Crippen LogP contribution in [0.1, 0.15) is 36.0 Å². The summed E-state index contributed by atoms with van der Waals surface area (Å²) in [6.07, 6.45) is 6.38. The number of phenolic OH excluding ortho intramolecular Hbond substituents is 1. The van der Waals surface area contributed by atoms with Crippen molar-refractivity contribution >= 4 is 23.4 Å². The largest absolute Gasteiger partial charge is 0.502 e. The minimum Gasteiger partial charge on any atom is -0.502 e. The fourth-order valence-electron chi connectivity index (χ4n) is 1.85. The number of carbonyl (C=O) groups is 1. The van der Waals surface area contributed by atoms with Crippen LogP contribution in [0.4, 0.5) is 5.69 Å². The van der Waals surface area contributed by atoms with Crippen LogP contribution in [0.25, 0.3) is 0 Å². The lowest BCUT2D eigenvalue weighted by Gasteiger charge is -2.06. The third-order valence-corrected chi connectivity index (χ3v) is 3.69. The molecular formula is C14H20N2O4S. The van der Waals surface area contributed by atoms with Crippen molar-refractivity contribution in [1.29, 1.82) is 0 Å². The van der Waals surface area contributed by atoms with Gasteiger partial charge in [-0.2, -0.15) is 11.8 Å². The second-order valence-corrected chi connectivity index (χ2v) is 5.61. The van der Waals surface area contributed by atoms with E-state index in [4.69, 9.17) is 0 Å². The number of carbonyl (C=O) groups excluding carboxylic acids is 1. The van der Waals surface area contributed by atoms with Crippen LogP contribution in [-0.4, -0.2) is 34.5 Å². The molecule has 7 heteroatoms. The van der Waals surface area contributed by atoms with E-state index in [0.29, 0.717) is 6.54 Å². The number of hydrogen-bond acceptors (Lipinski definition) is 5. The van der Waals surface area contributed by atoms with Gasteiger partial charge in [-0.25, -0.2) is 0 Å². The van der Waals surface area contributed by atoms with Gasteiger partial charge in [-0.1, -0.05) is 12.8 Å². The van der Waals surface area contributed by atoms with Crippen molar-refractivity contribution in [3.05, 3.63) is 33.9 Å². The Kier molecular flexibility index (Phi) is 7.60. The zero-order valence-corrected chi connectivity index (χ0v) is 12.8. The standard InChI is InChI=1S/C14H20N2O4S/c1-21-9-5-3-2-4-8-15-14(18)11-6-7-12(16(19)20)13(17)10-11/h6-7,10,17H,2-5,8-9H2,1H3,(H,15,18). The number of aromatic hydroxyl groups is 1. The summed E-state index contributed by atoms with van der Waals surface area (Å²) in [6.45, 7) is 0.565. The van der Waals surface area contributed by atoms with Crippen molar-refractivity contribution in [2.45, 2.75) is 25.7 Å².